The number of carbonyl (C=O) groups excluding carboxylic acids is 1. The van der Waals surface area contributed by atoms with Crippen molar-refractivity contribution in [1.82, 2.24) is 9.80 Å². The third-order valence-electron chi connectivity index (χ3n) is 2.71. The Morgan fingerprint density at radius 2 is 2.38 bits per heavy atom. The molecular weight excluding hydrogens is 285 g/mol. The van der Waals surface area contributed by atoms with Crippen LogP contribution in [0.4, 0.5) is 4.79 Å². The molecule has 16 heavy (non-hydrogen) atoms. The average Bonchev–Trinajstić information content (AvgIpc) is 2.54. The number of nitrogens with one attached hydrogen (secondary N) is 1. The second-order valence-electron chi connectivity index (χ2n) is 3.52. The Hall–Kier alpha value is -0.616. The van der Waals surface area contributed by atoms with E-state index in [1.165, 1.54) is 12.0 Å². The number of methoxy groups -OCH3 is 1. The van der Waals surface area contributed by atoms with Crippen LogP contribution in [0.5, 0.6) is 0 Å². The van der Waals surface area contributed by atoms with Gasteiger partial charge in [0, 0.05) is 51.3 Å². The van der Waals surface area contributed by atoms with Crippen LogP contribution in [0.2, 0.25) is 0 Å². The van der Waals surface area contributed by atoms with Crippen LogP contribution in [0.1, 0.15) is 0 Å². The second-order valence-corrected chi connectivity index (χ2v) is 3.52. The summed E-state index contributed by atoms with van der Waals surface area (Å²) in [4.78, 5) is 18.8. The zero-order chi connectivity index (χ0) is 11.0. The van der Waals surface area contributed by atoms with Gasteiger partial charge in [-0.05, 0) is 7.05 Å². The van der Waals surface area contributed by atoms with E-state index in [2.05, 4.69) is 9.73 Å². The molecule has 0 saturated carbocycles. The number of amides is 1. The number of likely N-dealkylation sites (N-methyl/N-ethyl adjacent to an activating group) is 1. The largest absolute Gasteiger partial charge is 0.453 e. The van der Waals surface area contributed by atoms with E-state index in [-0.39, 0.29) is 50.9 Å². The SMILES string of the molecule is COC(=O)N1CC=C[C@@H]2[C@H]1N=C([NH-])N2C.[Y]. The molecule has 0 unspecified atom stereocenters. The van der Waals surface area contributed by atoms with Crippen LogP contribution in [0.15, 0.2) is 17.1 Å². The molecule has 0 aliphatic carbocycles. The molecule has 0 saturated heterocycles. The van der Waals surface area contributed by atoms with Gasteiger partial charge in [0.1, 0.15) is 0 Å². The van der Waals surface area contributed by atoms with Crippen molar-refractivity contribution < 1.29 is 42.2 Å². The number of nitrogens with zero attached hydrogens (tertiary/aromatic N) is 3. The van der Waals surface area contributed by atoms with Crippen molar-refractivity contribution in [1.29, 1.82) is 0 Å². The number of aliphatic imine (C=N–C) groups is 1. The van der Waals surface area contributed by atoms with Gasteiger partial charge in [-0.1, -0.05) is 12.2 Å². The molecule has 1 radical (unpaired) electrons. The molecule has 2 heterocycles. The monoisotopic (exact) mass is 298 g/mol. The number of guanidine groups is 1. The van der Waals surface area contributed by atoms with Crippen molar-refractivity contribution in [3.8, 4) is 0 Å². The van der Waals surface area contributed by atoms with E-state index in [4.69, 9.17) is 5.73 Å². The Balaban J connectivity index is 0.00000128. The number of carbonyl (C=O) groups is 1. The zero-order valence-corrected chi connectivity index (χ0v) is 12.1. The molecule has 0 aromatic rings. The fourth-order valence-corrected chi connectivity index (χ4v) is 1.84. The van der Waals surface area contributed by atoms with Crippen molar-refractivity contribution in [2.24, 2.45) is 4.99 Å². The van der Waals surface area contributed by atoms with E-state index >= 15 is 0 Å². The summed E-state index contributed by atoms with van der Waals surface area (Å²) in [5, 5.41) is 0. The van der Waals surface area contributed by atoms with Crippen molar-refractivity contribution in [2.45, 2.75) is 12.2 Å². The van der Waals surface area contributed by atoms with Crippen LogP contribution in [0.25, 0.3) is 5.73 Å². The molecule has 0 fully saturated rings. The summed E-state index contributed by atoms with van der Waals surface area (Å²) < 4.78 is 4.67. The predicted molar refractivity (Wildman–Crippen MR) is 55.3 cm³/mol. The minimum Gasteiger partial charge on any atom is -0.453 e. The van der Waals surface area contributed by atoms with Gasteiger partial charge in [0.15, 0.2) is 0 Å². The van der Waals surface area contributed by atoms with Crippen molar-refractivity contribution in [3.63, 3.8) is 0 Å². The standard InChI is InChI=1S/C9H13N4O2.Y/c1-12-6-4-3-5-13(9(14)15-2)7(6)11-8(12)10;/h3-4,6-7H,5H2,1-2H3,(H-,10,11);/q-1;/t6-,7+;/m1./s1. The van der Waals surface area contributed by atoms with E-state index in [1.807, 2.05) is 12.2 Å². The van der Waals surface area contributed by atoms with Crippen LogP contribution in [0, 0.1) is 0 Å². The average molecular weight is 298 g/mol. The van der Waals surface area contributed by atoms with Gasteiger partial charge in [-0.25, -0.2) is 4.79 Å². The van der Waals surface area contributed by atoms with Gasteiger partial charge in [-0.3, -0.25) is 4.90 Å². The van der Waals surface area contributed by atoms with Gasteiger partial charge < -0.3 is 20.4 Å². The summed E-state index contributed by atoms with van der Waals surface area (Å²) >= 11 is 0. The van der Waals surface area contributed by atoms with E-state index in [0.717, 1.165) is 0 Å². The van der Waals surface area contributed by atoms with Gasteiger partial charge in [-0.15, -0.1) is 0 Å². The van der Waals surface area contributed by atoms with E-state index in [1.54, 1.807) is 11.9 Å². The maximum absolute atomic E-state index is 11.4. The van der Waals surface area contributed by atoms with E-state index in [9.17, 15) is 4.79 Å². The number of hydrogen-bond donors (Lipinski definition) is 0. The molecule has 2 rings (SSSR count). The first-order chi connectivity index (χ1) is 7.15. The number of hydrogen-bond acceptors (Lipinski definition) is 4. The number of fused-ring (bicyclic) bond motifs is 1. The number of ether oxygens (including phenoxy) is 1. The minimum atomic E-state index is -0.402. The smallest absolute Gasteiger partial charge is 0.410 e. The molecule has 2 aliphatic heterocycles. The van der Waals surface area contributed by atoms with Gasteiger partial charge >= 0.3 is 6.09 Å². The minimum absolute atomic E-state index is 0. The summed E-state index contributed by atoms with van der Waals surface area (Å²) in [7, 11) is 3.14. The third-order valence-corrected chi connectivity index (χ3v) is 2.71. The fourth-order valence-electron chi connectivity index (χ4n) is 1.84. The predicted octanol–water partition coefficient (Wildman–Crippen LogP) is 0.670. The Kier molecular flexibility index (Phi) is 4.32. The Labute approximate surface area is 119 Å². The maximum Gasteiger partial charge on any atom is 0.410 e. The van der Waals surface area contributed by atoms with E-state index in [0.29, 0.717) is 6.54 Å². The topological polar surface area (TPSA) is 68.9 Å². The first kappa shape index (κ1) is 13.4. The van der Waals surface area contributed by atoms with Crippen molar-refractivity contribution in [3.05, 3.63) is 17.9 Å². The molecule has 2 aliphatic rings. The maximum atomic E-state index is 11.4. The molecule has 0 aromatic heterocycles. The fraction of sp³-hybridized carbons (Fsp3) is 0.556. The molecule has 7 heteroatoms. The number of rotatable bonds is 0. The molecule has 85 valence electrons. The molecule has 0 bridgehead atoms. The first-order valence-corrected chi connectivity index (χ1v) is 4.68. The first-order valence-electron chi connectivity index (χ1n) is 4.68. The molecule has 0 aromatic carbocycles. The summed E-state index contributed by atoms with van der Waals surface area (Å²) in [5.41, 5.74) is 7.58. The summed E-state index contributed by atoms with van der Waals surface area (Å²) in [6.07, 6.45) is 3.14. The zero-order valence-electron chi connectivity index (χ0n) is 9.25. The van der Waals surface area contributed by atoms with Gasteiger partial charge in [-0.2, -0.15) is 0 Å². The van der Waals surface area contributed by atoms with Crippen LogP contribution < -0.4 is 0 Å². The van der Waals surface area contributed by atoms with Gasteiger partial charge in [0.05, 0.1) is 13.3 Å². The Morgan fingerprint density at radius 1 is 1.69 bits per heavy atom. The molecule has 1 N–H and O–H groups in total. The van der Waals surface area contributed by atoms with Crippen LogP contribution >= 0.6 is 0 Å². The summed E-state index contributed by atoms with van der Waals surface area (Å²) in [5.74, 6) is 0.199. The van der Waals surface area contributed by atoms with Crippen molar-refractivity contribution in [2.75, 3.05) is 20.7 Å². The second kappa shape index (κ2) is 5.14. The Morgan fingerprint density at radius 3 is 3.00 bits per heavy atom. The summed E-state index contributed by atoms with van der Waals surface area (Å²) in [6.45, 7) is 0.485. The molecule has 6 nitrogen and oxygen atoms in total. The van der Waals surface area contributed by atoms with Crippen LogP contribution in [0.3, 0.4) is 0 Å². The quantitative estimate of drug-likeness (QED) is 0.617. The summed E-state index contributed by atoms with van der Waals surface area (Å²) in [6, 6.07) is -0.0367. The normalized spacial score (nSPS) is 27.0. The molecule has 1 amide bonds. The molecule has 2 atom stereocenters. The Bertz CT molecular complexity index is 344. The van der Waals surface area contributed by atoms with E-state index < -0.39 is 6.09 Å². The van der Waals surface area contributed by atoms with Crippen LogP contribution in [-0.2, 0) is 37.4 Å². The van der Waals surface area contributed by atoms with Gasteiger partial charge in [0.25, 0.3) is 0 Å². The van der Waals surface area contributed by atoms with Crippen LogP contribution in [-0.4, -0.2) is 54.8 Å². The molecule has 0 spiro atoms. The van der Waals surface area contributed by atoms with Crippen molar-refractivity contribution >= 4 is 12.1 Å². The van der Waals surface area contributed by atoms with Gasteiger partial charge in [0.2, 0.25) is 0 Å². The third kappa shape index (κ3) is 2.08. The molecular formula is C9H13N4O2Y-.